The van der Waals surface area contributed by atoms with Crippen molar-refractivity contribution in [3.8, 4) is 0 Å². The maximum atomic E-state index is 11.2. The van der Waals surface area contributed by atoms with Crippen LogP contribution in [0.5, 0.6) is 0 Å². The van der Waals surface area contributed by atoms with Crippen molar-refractivity contribution < 1.29 is 0 Å². The summed E-state index contributed by atoms with van der Waals surface area (Å²) in [5, 5.41) is 3.16. The molecule has 5 nitrogen and oxygen atoms in total. The Labute approximate surface area is 95.5 Å². The molecular weight excluding hydrogens is 204 g/mol. The van der Waals surface area contributed by atoms with Crippen molar-refractivity contribution in [2.24, 2.45) is 5.92 Å². The van der Waals surface area contributed by atoms with Gasteiger partial charge in [0.1, 0.15) is 5.69 Å². The molecular formula is C11H20N4O. The number of nitrogens with one attached hydrogen (secondary N) is 2. The molecule has 2 atom stereocenters. The second-order valence-electron chi connectivity index (χ2n) is 4.29. The normalized spacial score (nSPS) is 14.4. The topological polar surface area (TPSA) is 83.8 Å². The summed E-state index contributed by atoms with van der Waals surface area (Å²) >= 11 is 0. The van der Waals surface area contributed by atoms with Crippen LogP contribution in [0.3, 0.4) is 0 Å². The van der Waals surface area contributed by atoms with E-state index in [1.165, 1.54) is 6.33 Å². The van der Waals surface area contributed by atoms with Crippen molar-refractivity contribution in [3.63, 3.8) is 0 Å². The molecule has 0 aromatic carbocycles. The first-order valence-electron chi connectivity index (χ1n) is 5.64. The minimum Gasteiger partial charge on any atom is -0.391 e. The van der Waals surface area contributed by atoms with E-state index in [2.05, 4.69) is 36.1 Å². The van der Waals surface area contributed by atoms with Gasteiger partial charge in [0, 0.05) is 6.04 Å². The maximum Gasteiger partial charge on any atom is 0.276 e. The molecule has 16 heavy (non-hydrogen) atoms. The highest BCUT2D eigenvalue weighted by Gasteiger charge is 2.10. The van der Waals surface area contributed by atoms with Crippen LogP contribution < -0.4 is 16.6 Å². The number of aromatic amines is 1. The molecule has 0 saturated heterocycles. The van der Waals surface area contributed by atoms with E-state index in [0.29, 0.717) is 11.7 Å². The van der Waals surface area contributed by atoms with Gasteiger partial charge < -0.3 is 16.0 Å². The standard InChI is InChI=1S/C11H20N4O/c1-4-7(2)5-8(3)15-10-9(12)11(16)14-6-13-10/h6-8H,4-5,12H2,1-3H3,(H2,13,14,15,16). The lowest BCUT2D eigenvalue weighted by Crippen LogP contribution is -2.23. The van der Waals surface area contributed by atoms with Gasteiger partial charge in [0.2, 0.25) is 0 Å². The molecule has 5 heteroatoms. The third-order valence-corrected chi connectivity index (χ3v) is 2.73. The largest absolute Gasteiger partial charge is 0.391 e. The highest BCUT2D eigenvalue weighted by atomic mass is 16.1. The van der Waals surface area contributed by atoms with Crippen LogP contribution in [0.4, 0.5) is 11.5 Å². The molecule has 0 amide bonds. The number of nitrogens with zero attached hydrogens (tertiary/aromatic N) is 1. The summed E-state index contributed by atoms with van der Waals surface area (Å²) in [5.41, 5.74) is 5.48. The first-order valence-corrected chi connectivity index (χ1v) is 5.64. The van der Waals surface area contributed by atoms with Crippen LogP contribution in [0.1, 0.15) is 33.6 Å². The molecule has 0 fully saturated rings. The maximum absolute atomic E-state index is 11.2. The Morgan fingerprint density at radius 1 is 1.56 bits per heavy atom. The molecule has 0 saturated carbocycles. The summed E-state index contributed by atoms with van der Waals surface area (Å²) < 4.78 is 0. The molecule has 1 rings (SSSR count). The fourth-order valence-electron chi connectivity index (χ4n) is 1.59. The first kappa shape index (κ1) is 12.5. The fourth-order valence-corrected chi connectivity index (χ4v) is 1.59. The Morgan fingerprint density at radius 3 is 2.88 bits per heavy atom. The van der Waals surface area contributed by atoms with Crippen molar-refractivity contribution in [1.82, 2.24) is 9.97 Å². The van der Waals surface area contributed by atoms with E-state index in [1.807, 2.05) is 0 Å². The number of nitrogens with two attached hydrogens (primary N) is 1. The van der Waals surface area contributed by atoms with Crippen LogP contribution in [0, 0.1) is 5.92 Å². The highest BCUT2D eigenvalue weighted by molar-refractivity contribution is 5.59. The lowest BCUT2D eigenvalue weighted by Gasteiger charge is -2.18. The molecule has 1 aromatic heterocycles. The highest BCUT2D eigenvalue weighted by Crippen LogP contribution is 2.15. The lowest BCUT2D eigenvalue weighted by atomic mass is 10.0. The van der Waals surface area contributed by atoms with Crippen molar-refractivity contribution in [3.05, 3.63) is 16.7 Å². The smallest absolute Gasteiger partial charge is 0.276 e. The number of rotatable bonds is 5. The number of hydrogen-bond donors (Lipinski definition) is 3. The Kier molecular flexibility index (Phi) is 4.34. The van der Waals surface area contributed by atoms with Gasteiger partial charge in [0.25, 0.3) is 5.56 Å². The van der Waals surface area contributed by atoms with E-state index in [0.717, 1.165) is 12.8 Å². The second-order valence-corrected chi connectivity index (χ2v) is 4.29. The molecule has 0 bridgehead atoms. The second kappa shape index (κ2) is 5.53. The average Bonchev–Trinajstić information content (AvgIpc) is 2.24. The van der Waals surface area contributed by atoms with Crippen molar-refractivity contribution in [1.29, 1.82) is 0 Å². The van der Waals surface area contributed by atoms with E-state index >= 15 is 0 Å². The first-order chi connectivity index (χ1) is 7.54. The number of H-pyrrole nitrogens is 1. The summed E-state index contributed by atoms with van der Waals surface area (Å²) in [7, 11) is 0. The quantitative estimate of drug-likeness (QED) is 0.709. The molecule has 0 radical (unpaired) electrons. The molecule has 1 aromatic rings. The zero-order valence-electron chi connectivity index (χ0n) is 10.1. The average molecular weight is 224 g/mol. The molecule has 2 unspecified atom stereocenters. The molecule has 4 N–H and O–H groups in total. The molecule has 90 valence electrons. The van der Waals surface area contributed by atoms with Gasteiger partial charge >= 0.3 is 0 Å². The Morgan fingerprint density at radius 2 is 2.25 bits per heavy atom. The minimum absolute atomic E-state index is 0.151. The predicted molar refractivity (Wildman–Crippen MR) is 66.4 cm³/mol. The van der Waals surface area contributed by atoms with E-state index < -0.39 is 0 Å². The molecule has 0 aliphatic heterocycles. The Balaban J connectivity index is 2.66. The zero-order valence-corrected chi connectivity index (χ0v) is 10.1. The summed E-state index contributed by atoms with van der Waals surface area (Å²) in [4.78, 5) is 17.7. The monoisotopic (exact) mass is 224 g/mol. The third kappa shape index (κ3) is 3.25. The summed E-state index contributed by atoms with van der Waals surface area (Å²) in [6, 6.07) is 0.256. The summed E-state index contributed by atoms with van der Waals surface area (Å²) in [6.45, 7) is 6.43. The Bertz CT molecular complexity index is 388. The van der Waals surface area contributed by atoms with Crippen LogP contribution in [0.2, 0.25) is 0 Å². The van der Waals surface area contributed by atoms with Crippen molar-refractivity contribution >= 4 is 11.5 Å². The third-order valence-electron chi connectivity index (χ3n) is 2.73. The van der Waals surface area contributed by atoms with Crippen LogP contribution in [-0.4, -0.2) is 16.0 Å². The molecule has 0 spiro atoms. The number of aromatic nitrogens is 2. The van der Waals surface area contributed by atoms with Crippen LogP contribution in [-0.2, 0) is 0 Å². The van der Waals surface area contributed by atoms with Crippen molar-refractivity contribution in [2.45, 2.75) is 39.7 Å². The molecule has 1 heterocycles. The van der Waals surface area contributed by atoms with E-state index in [9.17, 15) is 4.79 Å². The van der Waals surface area contributed by atoms with Gasteiger partial charge in [-0.1, -0.05) is 20.3 Å². The fraction of sp³-hybridized carbons (Fsp3) is 0.636. The summed E-state index contributed by atoms with van der Waals surface area (Å²) in [5.74, 6) is 1.12. The molecule has 0 aliphatic rings. The lowest BCUT2D eigenvalue weighted by molar-refractivity contribution is 0.483. The van der Waals surface area contributed by atoms with Gasteiger partial charge in [-0.15, -0.1) is 0 Å². The van der Waals surface area contributed by atoms with E-state index in [4.69, 9.17) is 5.73 Å². The number of nitrogen functional groups attached to an aromatic ring is 1. The van der Waals surface area contributed by atoms with E-state index in [1.54, 1.807) is 0 Å². The van der Waals surface area contributed by atoms with Crippen molar-refractivity contribution in [2.75, 3.05) is 11.1 Å². The van der Waals surface area contributed by atoms with Gasteiger partial charge in [-0.3, -0.25) is 4.79 Å². The SMILES string of the molecule is CCC(C)CC(C)Nc1nc[nH]c(=O)c1N. The predicted octanol–water partition coefficient (Wildman–Crippen LogP) is 1.59. The molecule has 0 aliphatic carbocycles. The van der Waals surface area contributed by atoms with E-state index in [-0.39, 0.29) is 17.3 Å². The van der Waals surface area contributed by atoms with Gasteiger partial charge in [0.15, 0.2) is 5.82 Å². The number of anilines is 2. The number of hydrogen-bond acceptors (Lipinski definition) is 4. The minimum atomic E-state index is -0.298. The van der Waals surface area contributed by atoms with Gasteiger partial charge in [-0.2, -0.15) is 0 Å². The van der Waals surface area contributed by atoms with Gasteiger partial charge in [-0.25, -0.2) is 4.98 Å². The zero-order chi connectivity index (χ0) is 12.1. The summed E-state index contributed by atoms with van der Waals surface area (Å²) in [6.07, 6.45) is 3.53. The van der Waals surface area contributed by atoms with Gasteiger partial charge in [-0.05, 0) is 19.3 Å². The van der Waals surface area contributed by atoms with Crippen LogP contribution in [0.15, 0.2) is 11.1 Å². The van der Waals surface area contributed by atoms with Crippen LogP contribution >= 0.6 is 0 Å². The Hall–Kier alpha value is -1.52. The van der Waals surface area contributed by atoms with Crippen LogP contribution in [0.25, 0.3) is 0 Å². The van der Waals surface area contributed by atoms with Gasteiger partial charge in [0.05, 0.1) is 6.33 Å².